The Balaban J connectivity index is 2.43. The van der Waals surface area contributed by atoms with Crippen LogP contribution in [0.5, 0.6) is 5.75 Å². The molecule has 15 heavy (non-hydrogen) atoms. The van der Waals surface area contributed by atoms with E-state index in [2.05, 4.69) is 19.1 Å². The Hall–Kier alpha value is -1.02. The molecule has 1 rings (SSSR count). The fourth-order valence-corrected chi connectivity index (χ4v) is 1.61. The molecule has 0 fully saturated rings. The highest BCUT2D eigenvalue weighted by atomic mass is 16.5. The minimum absolute atomic E-state index is 0.347. The van der Waals surface area contributed by atoms with Crippen LogP contribution in [0.3, 0.4) is 0 Å². The third-order valence-electron chi connectivity index (χ3n) is 2.65. The van der Waals surface area contributed by atoms with Gasteiger partial charge < -0.3 is 9.47 Å². The van der Waals surface area contributed by atoms with Crippen molar-refractivity contribution in [2.24, 2.45) is 0 Å². The van der Waals surface area contributed by atoms with E-state index in [0.717, 1.165) is 25.0 Å². The molecule has 1 aromatic carbocycles. The van der Waals surface area contributed by atoms with Gasteiger partial charge in [-0.25, -0.2) is 0 Å². The van der Waals surface area contributed by atoms with Gasteiger partial charge in [-0.3, -0.25) is 0 Å². The Kier molecular flexibility index (Phi) is 5.19. The van der Waals surface area contributed by atoms with Crippen molar-refractivity contribution in [1.82, 2.24) is 0 Å². The molecule has 0 bridgehead atoms. The topological polar surface area (TPSA) is 18.5 Å². The van der Waals surface area contributed by atoms with E-state index in [1.165, 1.54) is 5.56 Å². The van der Waals surface area contributed by atoms with Gasteiger partial charge in [-0.05, 0) is 37.8 Å². The molecule has 0 N–H and O–H groups in total. The molecule has 0 aliphatic carbocycles. The second-order valence-corrected chi connectivity index (χ2v) is 3.75. The first-order chi connectivity index (χ1) is 7.27. The van der Waals surface area contributed by atoms with Crippen LogP contribution in [-0.4, -0.2) is 20.3 Å². The van der Waals surface area contributed by atoms with E-state index in [-0.39, 0.29) is 0 Å². The molecule has 0 saturated carbocycles. The number of hydrogen-bond acceptors (Lipinski definition) is 2. The van der Waals surface area contributed by atoms with Crippen molar-refractivity contribution in [2.75, 3.05) is 14.2 Å². The van der Waals surface area contributed by atoms with E-state index in [1.54, 1.807) is 14.2 Å². The molecule has 1 atom stereocenters. The van der Waals surface area contributed by atoms with Gasteiger partial charge in [0.2, 0.25) is 0 Å². The molecule has 84 valence electrons. The van der Waals surface area contributed by atoms with Crippen molar-refractivity contribution >= 4 is 0 Å². The number of aryl methyl sites for hydroxylation is 1. The van der Waals surface area contributed by atoms with Gasteiger partial charge in [0.15, 0.2) is 0 Å². The van der Waals surface area contributed by atoms with Gasteiger partial charge in [0.25, 0.3) is 0 Å². The van der Waals surface area contributed by atoms with E-state index >= 15 is 0 Å². The number of rotatable bonds is 6. The van der Waals surface area contributed by atoms with Gasteiger partial charge in [0.1, 0.15) is 5.75 Å². The lowest BCUT2D eigenvalue weighted by atomic mass is 10.1. The number of ether oxygens (including phenoxy) is 2. The summed E-state index contributed by atoms with van der Waals surface area (Å²) in [6.07, 6.45) is 3.63. The molecule has 0 aliphatic rings. The minimum atomic E-state index is 0.347. The van der Waals surface area contributed by atoms with Crippen LogP contribution in [0.2, 0.25) is 0 Å². The van der Waals surface area contributed by atoms with Gasteiger partial charge in [0, 0.05) is 7.11 Å². The van der Waals surface area contributed by atoms with Crippen molar-refractivity contribution < 1.29 is 9.47 Å². The van der Waals surface area contributed by atoms with Crippen LogP contribution in [0.15, 0.2) is 24.3 Å². The summed E-state index contributed by atoms with van der Waals surface area (Å²) in [6.45, 7) is 2.10. The summed E-state index contributed by atoms with van der Waals surface area (Å²) in [5, 5.41) is 0. The first kappa shape index (κ1) is 12.1. The van der Waals surface area contributed by atoms with Crippen molar-refractivity contribution in [3.8, 4) is 5.75 Å². The molecule has 0 aromatic heterocycles. The van der Waals surface area contributed by atoms with Gasteiger partial charge in [0.05, 0.1) is 13.2 Å². The van der Waals surface area contributed by atoms with E-state index in [4.69, 9.17) is 9.47 Å². The third-order valence-corrected chi connectivity index (χ3v) is 2.65. The maximum absolute atomic E-state index is 5.30. The zero-order valence-corrected chi connectivity index (χ0v) is 9.82. The highest BCUT2D eigenvalue weighted by molar-refractivity contribution is 5.33. The van der Waals surface area contributed by atoms with E-state index < -0.39 is 0 Å². The number of benzene rings is 1. The molecule has 1 aromatic rings. The zero-order valence-electron chi connectivity index (χ0n) is 9.82. The largest absolute Gasteiger partial charge is 0.496 e. The second-order valence-electron chi connectivity index (χ2n) is 3.75. The van der Waals surface area contributed by atoms with Gasteiger partial charge >= 0.3 is 0 Å². The molecule has 2 heteroatoms. The smallest absolute Gasteiger partial charge is 0.122 e. The molecule has 0 spiro atoms. The quantitative estimate of drug-likeness (QED) is 0.715. The first-order valence-corrected chi connectivity index (χ1v) is 5.42. The summed E-state index contributed by atoms with van der Waals surface area (Å²) in [5.74, 6) is 0.988. The van der Waals surface area contributed by atoms with E-state index in [1.807, 2.05) is 12.1 Å². The molecule has 0 heterocycles. The molecule has 0 radical (unpaired) electrons. The number of hydrogen-bond donors (Lipinski definition) is 0. The average molecular weight is 208 g/mol. The Morgan fingerprint density at radius 1 is 1.20 bits per heavy atom. The Bertz CT molecular complexity index is 284. The Morgan fingerprint density at radius 3 is 2.60 bits per heavy atom. The lowest BCUT2D eigenvalue weighted by Gasteiger charge is -2.10. The average Bonchev–Trinajstić information content (AvgIpc) is 2.29. The third kappa shape index (κ3) is 3.92. The Morgan fingerprint density at radius 2 is 1.93 bits per heavy atom. The van der Waals surface area contributed by atoms with Crippen LogP contribution in [0.4, 0.5) is 0 Å². The molecular weight excluding hydrogens is 188 g/mol. The van der Waals surface area contributed by atoms with Crippen molar-refractivity contribution in [1.29, 1.82) is 0 Å². The zero-order chi connectivity index (χ0) is 11.1. The molecule has 0 saturated heterocycles. The van der Waals surface area contributed by atoms with Gasteiger partial charge in [-0.2, -0.15) is 0 Å². The van der Waals surface area contributed by atoms with Crippen LogP contribution in [-0.2, 0) is 11.2 Å². The SMILES string of the molecule is COc1ccccc1CCCC(C)OC. The van der Waals surface area contributed by atoms with Gasteiger partial charge in [-0.1, -0.05) is 18.2 Å². The maximum atomic E-state index is 5.30. The summed E-state index contributed by atoms with van der Waals surface area (Å²) >= 11 is 0. The lowest BCUT2D eigenvalue weighted by Crippen LogP contribution is -2.04. The fourth-order valence-electron chi connectivity index (χ4n) is 1.61. The fraction of sp³-hybridized carbons (Fsp3) is 0.538. The van der Waals surface area contributed by atoms with Crippen molar-refractivity contribution in [3.63, 3.8) is 0 Å². The van der Waals surface area contributed by atoms with Crippen LogP contribution in [0.25, 0.3) is 0 Å². The number of para-hydroxylation sites is 1. The van der Waals surface area contributed by atoms with E-state index in [9.17, 15) is 0 Å². The molecule has 0 aliphatic heterocycles. The minimum Gasteiger partial charge on any atom is -0.496 e. The van der Waals surface area contributed by atoms with Crippen LogP contribution in [0.1, 0.15) is 25.3 Å². The van der Waals surface area contributed by atoms with E-state index in [0.29, 0.717) is 6.10 Å². The Labute approximate surface area is 92.2 Å². The lowest BCUT2D eigenvalue weighted by molar-refractivity contribution is 0.109. The second kappa shape index (κ2) is 6.46. The van der Waals surface area contributed by atoms with Crippen molar-refractivity contribution in [2.45, 2.75) is 32.3 Å². The normalized spacial score (nSPS) is 12.5. The van der Waals surface area contributed by atoms with Crippen LogP contribution >= 0.6 is 0 Å². The summed E-state index contributed by atoms with van der Waals surface area (Å²) in [4.78, 5) is 0. The summed E-state index contributed by atoms with van der Waals surface area (Å²) in [7, 11) is 3.48. The maximum Gasteiger partial charge on any atom is 0.122 e. The highest BCUT2D eigenvalue weighted by Gasteiger charge is 2.03. The summed E-state index contributed by atoms with van der Waals surface area (Å²) in [5.41, 5.74) is 1.28. The van der Waals surface area contributed by atoms with Gasteiger partial charge in [-0.15, -0.1) is 0 Å². The summed E-state index contributed by atoms with van der Waals surface area (Å²) < 4.78 is 10.5. The summed E-state index contributed by atoms with van der Waals surface area (Å²) in [6, 6.07) is 8.18. The predicted molar refractivity (Wildman–Crippen MR) is 62.4 cm³/mol. The first-order valence-electron chi connectivity index (χ1n) is 5.42. The number of methoxy groups -OCH3 is 2. The molecule has 0 amide bonds. The predicted octanol–water partition coefficient (Wildman–Crippen LogP) is 3.05. The molecular formula is C13H20O2. The molecule has 2 nitrogen and oxygen atoms in total. The van der Waals surface area contributed by atoms with Crippen molar-refractivity contribution in [3.05, 3.63) is 29.8 Å². The van der Waals surface area contributed by atoms with Crippen LogP contribution < -0.4 is 4.74 Å². The monoisotopic (exact) mass is 208 g/mol. The molecule has 1 unspecified atom stereocenters. The standard InChI is InChI=1S/C13H20O2/c1-11(14-2)7-6-9-12-8-4-5-10-13(12)15-3/h4-5,8,10-11H,6-7,9H2,1-3H3. The highest BCUT2D eigenvalue weighted by Crippen LogP contribution is 2.19. The van der Waals surface area contributed by atoms with Crippen LogP contribution in [0, 0.1) is 0 Å².